The van der Waals surface area contributed by atoms with E-state index >= 15 is 0 Å². The van der Waals surface area contributed by atoms with E-state index < -0.39 is 5.41 Å². The number of hydrogen-bond donors (Lipinski definition) is 2. The summed E-state index contributed by atoms with van der Waals surface area (Å²) in [5.41, 5.74) is 4.62. The van der Waals surface area contributed by atoms with Crippen molar-refractivity contribution in [3.8, 4) is 0 Å². The molecule has 24 heavy (non-hydrogen) atoms. The molecule has 2 N–H and O–H groups in total. The van der Waals surface area contributed by atoms with Crippen LogP contribution in [0.3, 0.4) is 0 Å². The van der Waals surface area contributed by atoms with Gasteiger partial charge in [0.1, 0.15) is 5.82 Å². The first kappa shape index (κ1) is 17.7. The molecule has 5 heteroatoms. The molecule has 0 unspecified atom stereocenters. The van der Waals surface area contributed by atoms with E-state index in [1.54, 1.807) is 12.1 Å². The molecule has 0 aliphatic rings. The van der Waals surface area contributed by atoms with Gasteiger partial charge in [-0.3, -0.25) is 10.2 Å². The lowest BCUT2D eigenvalue weighted by molar-refractivity contribution is -0.119. The largest absolute Gasteiger partial charge is 0.336 e. The van der Waals surface area contributed by atoms with E-state index in [0.717, 1.165) is 11.3 Å². The Balaban J connectivity index is 2.26. The van der Waals surface area contributed by atoms with Crippen LogP contribution >= 0.6 is 0 Å². The van der Waals surface area contributed by atoms with Gasteiger partial charge in [0.05, 0.1) is 5.69 Å². The SMILES string of the molecule is Cc1ccc(N/N=C(/Nc2cccc(F)c2)C(=O)C(C)(C)C)cc1. The van der Waals surface area contributed by atoms with Gasteiger partial charge in [-0.05, 0) is 37.3 Å². The first-order valence-corrected chi connectivity index (χ1v) is 7.73. The fourth-order valence-electron chi connectivity index (χ4n) is 1.94. The molecular weight excluding hydrogens is 305 g/mol. The summed E-state index contributed by atoms with van der Waals surface area (Å²) in [5, 5.41) is 7.10. The summed E-state index contributed by atoms with van der Waals surface area (Å²) >= 11 is 0. The van der Waals surface area contributed by atoms with Crippen LogP contribution in [0.2, 0.25) is 0 Å². The van der Waals surface area contributed by atoms with E-state index in [9.17, 15) is 9.18 Å². The number of hydrogen-bond acceptors (Lipinski definition) is 3. The highest BCUT2D eigenvalue weighted by molar-refractivity contribution is 6.44. The number of halogens is 1. The zero-order valence-corrected chi connectivity index (χ0v) is 14.4. The first-order valence-electron chi connectivity index (χ1n) is 7.73. The number of Topliss-reactive ketones (excluding diaryl/α,β-unsaturated/α-hetero) is 1. The number of rotatable bonds is 4. The van der Waals surface area contributed by atoms with Crippen LogP contribution in [-0.4, -0.2) is 11.6 Å². The third-order valence-corrected chi connectivity index (χ3v) is 3.33. The molecule has 126 valence electrons. The molecule has 0 amide bonds. The summed E-state index contributed by atoms with van der Waals surface area (Å²) in [7, 11) is 0. The molecule has 0 aliphatic carbocycles. The number of carbonyl (C=O) groups excluding carboxylic acids is 1. The molecule has 0 atom stereocenters. The maximum Gasteiger partial charge on any atom is 0.205 e. The van der Waals surface area contributed by atoms with Crippen LogP contribution < -0.4 is 10.7 Å². The minimum Gasteiger partial charge on any atom is -0.336 e. The number of aryl methyl sites for hydroxylation is 1. The highest BCUT2D eigenvalue weighted by Gasteiger charge is 2.27. The summed E-state index contributed by atoms with van der Waals surface area (Å²) in [6.45, 7) is 7.42. The average molecular weight is 327 g/mol. The van der Waals surface area contributed by atoms with Gasteiger partial charge in [-0.1, -0.05) is 44.5 Å². The predicted octanol–water partition coefficient (Wildman–Crippen LogP) is 4.59. The van der Waals surface area contributed by atoms with Gasteiger partial charge >= 0.3 is 0 Å². The van der Waals surface area contributed by atoms with Crippen LogP contribution in [0.4, 0.5) is 15.8 Å². The molecule has 2 rings (SSSR count). The van der Waals surface area contributed by atoms with Crippen molar-refractivity contribution in [2.45, 2.75) is 27.7 Å². The summed E-state index contributed by atoms with van der Waals surface area (Å²) in [4.78, 5) is 12.6. The van der Waals surface area contributed by atoms with Crippen molar-refractivity contribution in [3.05, 3.63) is 59.9 Å². The van der Waals surface area contributed by atoms with Crippen molar-refractivity contribution >= 4 is 23.0 Å². The van der Waals surface area contributed by atoms with Crippen molar-refractivity contribution in [1.29, 1.82) is 0 Å². The number of carbonyl (C=O) groups is 1. The van der Waals surface area contributed by atoms with Crippen LogP contribution in [-0.2, 0) is 4.79 Å². The van der Waals surface area contributed by atoms with Gasteiger partial charge < -0.3 is 5.32 Å². The smallest absolute Gasteiger partial charge is 0.205 e. The van der Waals surface area contributed by atoms with E-state index in [4.69, 9.17) is 0 Å². The van der Waals surface area contributed by atoms with Crippen molar-refractivity contribution in [3.63, 3.8) is 0 Å². The number of benzene rings is 2. The number of anilines is 2. The molecule has 0 fully saturated rings. The van der Waals surface area contributed by atoms with Crippen LogP contribution in [0.15, 0.2) is 53.6 Å². The molecule has 0 spiro atoms. The van der Waals surface area contributed by atoms with Crippen LogP contribution in [0, 0.1) is 18.2 Å². The lowest BCUT2D eigenvalue weighted by Crippen LogP contribution is -2.34. The van der Waals surface area contributed by atoms with Crippen molar-refractivity contribution < 1.29 is 9.18 Å². The lowest BCUT2D eigenvalue weighted by atomic mass is 9.90. The Hall–Kier alpha value is -2.69. The second-order valence-corrected chi connectivity index (χ2v) is 6.65. The fraction of sp³-hybridized carbons (Fsp3) is 0.263. The van der Waals surface area contributed by atoms with Gasteiger partial charge in [0, 0.05) is 11.1 Å². The molecule has 2 aromatic carbocycles. The maximum absolute atomic E-state index is 13.4. The monoisotopic (exact) mass is 327 g/mol. The number of ketones is 1. The summed E-state index contributed by atoms with van der Waals surface area (Å²) < 4.78 is 13.4. The molecule has 0 bridgehead atoms. The summed E-state index contributed by atoms with van der Waals surface area (Å²) in [6, 6.07) is 13.6. The standard InChI is InChI=1S/C19H22FN3O/c1-13-8-10-15(11-9-13)22-23-18(17(24)19(2,3)4)21-16-7-5-6-14(20)12-16/h5-12,22H,1-4H3,(H,21,23). The van der Waals surface area contributed by atoms with Crippen LogP contribution in [0.5, 0.6) is 0 Å². The summed E-state index contributed by atoms with van der Waals surface area (Å²) in [5.74, 6) is -0.422. The lowest BCUT2D eigenvalue weighted by Gasteiger charge is -2.19. The Morgan fingerprint density at radius 3 is 2.29 bits per heavy atom. The third kappa shape index (κ3) is 4.91. The third-order valence-electron chi connectivity index (χ3n) is 3.33. The predicted molar refractivity (Wildman–Crippen MR) is 96.7 cm³/mol. The second-order valence-electron chi connectivity index (χ2n) is 6.65. The van der Waals surface area contributed by atoms with Gasteiger partial charge in [-0.15, -0.1) is 0 Å². The van der Waals surface area contributed by atoms with Crippen molar-refractivity contribution in [1.82, 2.24) is 0 Å². The van der Waals surface area contributed by atoms with E-state index in [0.29, 0.717) is 5.69 Å². The molecule has 0 radical (unpaired) electrons. The molecule has 0 saturated heterocycles. The number of nitrogens with one attached hydrogen (secondary N) is 2. The quantitative estimate of drug-likeness (QED) is 0.491. The minimum atomic E-state index is -0.617. The van der Waals surface area contributed by atoms with E-state index in [2.05, 4.69) is 15.8 Å². The normalized spacial score (nSPS) is 12.0. The fourth-order valence-corrected chi connectivity index (χ4v) is 1.94. The molecule has 0 aromatic heterocycles. The van der Waals surface area contributed by atoms with Crippen LogP contribution in [0.25, 0.3) is 0 Å². The molecule has 2 aromatic rings. The van der Waals surface area contributed by atoms with Gasteiger partial charge in [-0.2, -0.15) is 5.10 Å². The maximum atomic E-state index is 13.4. The van der Waals surface area contributed by atoms with E-state index in [1.807, 2.05) is 52.0 Å². The Morgan fingerprint density at radius 1 is 1.04 bits per heavy atom. The van der Waals surface area contributed by atoms with Gasteiger partial charge in [0.2, 0.25) is 5.78 Å². The highest BCUT2D eigenvalue weighted by Crippen LogP contribution is 2.18. The number of amidine groups is 1. The van der Waals surface area contributed by atoms with Gasteiger partial charge in [0.15, 0.2) is 5.84 Å². The van der Waals surface area contributed by atoms with Crippen molar-refractivity contribution in [2.24, 2.45) is 10.5 Å². The van der Waals surface area contributed by atoms with Crippen LogP contribution in [0.1, 0.15) is 26.3 Å². The Kier molecular flexibility index (Phi) is 5.34. The minimum absolute atomic E-state index is 0.133. The van der Waals surface area contributed by atoms with E-state index in [-0.39, 0.29) is 17.4 Å². The highest BCUT2D eigenvalue weighted by atomic mass is 19.1. The zero-order valence-electron chi connectivity index (χ0n) is 14.4. The molecule has 4 nitrogen and oxygen atoms in total. The zero-order chi connectivity index (χ0) is 17.7. The number of nitrogens with zero attached hydrogens (tertiary/aromatic N) is 1. The molecule has 0 heterocycles. The Bertz CT molecular complexity index is 746. The Labute approximate surface area is 141 Å². The van der Waals surface area contributed by atoms with Gasteiger partial charge in [-0.25, -0.2) is 4.39 Å². The molecule has 0 aliphatic heterocycles. The van der Waals surface area contributed by atoms with E-state index in [1.165, 1.54) is 12.1 Å². The average Bonchev–Trinajstić information content (AvgIpc) is 2.51. The summed E-state index contributed by atoms with van der Waals surface area (Å²) in [6.07, 6.45) is 0. The molecular formula is C19H22FN3O. The van der Waals surface area contributed by atoms with Gasteiger partial charge in [0.25, 0.3) is 0 Å². The number of hydrazone groups is 1. The Morgan fingerprint density at radius 2 is 1.71 bits per heavy atom. The molecule has 0 saturated carbocycles. The van der Waals surface area contributed by atoms with Crippen molar-refractivity contribution in [2.75, 3.05) is 10.7 Å². The first-order chi connectivity index (χ1) is 11.3. The second kappa shape index (κ2) is 7.25. The topological polar surface area (TPSA) is 53.5 Å².